The molecule has 1 atom stereocenters. The highest BCUT2D eigenvalue weighted by molar-refractivity contribution is 5.98. The number of nitrogens with zero attached hydrogens (tertiary/aromatic N) is 2. The molecule has 1 aromatic heterocycles. The summed E-state index contributed by atoms with van der Waals surface area (Å²) in [7, 11) is 0. The Morgan fingerprint density at radius 2 is 1.62 bits per heavy atom. The van der Waals surface area contributed by atoms with Crippen molar-refractivity contribution in [2.45, 2.75) is 25.8 Å². The predicted octanol–water partition coefficient (Wildman–Crippen LogP) is 4.53. The third kappa shape index (κ3) is 4.33. The van der Waals surface area contributed by atoms with Crippen molar-refractivity contribution in [2.24, 2.45) is 0 Å². The number of carbonyl (C=O) groups is 1. The van der Waals surface area contributed by atoms with Gasteiger partial charge in [0.2, 0.25) is 0 Å². The summed E-state index contributed by atoms with van der Waals surface area (Å²) in [4.78, 5) is 16.5. The number of hydrogen-bond donors (Lipinski definition) is 0. The number of aryl methyl sites for hydroxylation is 2. The summed E-state index contributed by atoms with van der Waals surface area (Å²) < 4.78 is 1.83. The van der Waals surface area contributed by atoms with Crippen LogP contribution in [0.2, 0.25) is 0 Å². The lowest BCUT2D eigenvalue weighted by molar-refractivity contribution is 0.0935. The molecule has 0 fully saturated rings. The second kappa shape index (κ2) is 8.46. The van der Waals surface area contributed by atoms with Crippen LogP contribution in [-0.4, -0.2) is 15.3 Å². The van der Waals surface area contributed by atoms with Crippen molar-refractivity contribution < 1.29 is 4.79 Å². The van der Waals surface area contributed by atoms with Crippen LogP contribution in [-0.2, 0) is 12.8 Å². The number of benzene rings is 2. The van der Waals surface area contributed by atoms with E-state index >= 15 is 0 Å². The van der Waals surface area contributed by atoms with Gasteiger partial charge in [-0.2, -0.15) is 0 Å². The van der Waals surface area contributed by atoms with Crippen LogP contribution in [0, 0.1) is 0 Å². The molecule has 0 saturated carbocycles. The van der Waals surface area contributed by atoms with Gasteiger partial charge in [-0.25, -0.2) is 4.98 Å². The minimum absolute atomic E-state index is 0. The Balaban J connectivity index is 0.00000208. The maximum absolute atomic E-state index is 12.5. The molecule has 1 unspecified atom stereocenters. The molecule has 0 bridgehead atoms. The van der Waals surface area contributed by atoms with E-state index < -0.39 is 0 Å². The molecule has 0 aliphatic heterocycles. The summed E-state index contributed by atoms with van der Waals surface area (Å²) in [5, 5.41) is 0. The standard InChI is InChI=1S/C20H20N2O.ClH/c1-16(22-14-13-21-15-22)20(23)19-11-9-18(10-12-19)8-7-17-5-3-2-4-6-17;/h2-6,9-16H,7-8H2,1H3;1H. The van der Waals surface area contributed by atoms with E-state index in [-0.39, 0.29) is 24.2 Å². The van der Waals surface area contributed by atoms with Gasteiger partial charge in [0.1, 0.15) is 0 Å². The molecule has 2 aromatic carbocycles. The summed E-state index contributed by atoms with van der Waals surface area (Å²) in [5.74, 6) is 0.109. The maximum atomic E-state index is 12.5. The Morgan fingerprint density at radius 1 is 1.00 bits per heavy atom. The molecule has 1 heterocycles. The van der Waals surface area contributed by atoms with Crippen molar-refractivity contribution in [3.05, 3.63) is 90.0 Å². The lowest BCUT2D eigenvalue weighted by atomic mass is 10.0. The van der Waals surface area contributed by atoms with Crippen LogP contribution in [0.1, 0.15) is 34.5 Å². The van der Waals surface area contributed by atoms with E-state index in [1.165, 1.54) is 11.1 Å². The van der Waals surface area contributed by atoms with Crippen molar-refractivity contribution in [1.29, 1.82) is 0 Å². The lowest BCUT2D eigenvalue weighted by Crippen LogP contribution is -2.15. The third-order valence-electron chi connectivity index (χ3n) is 4.14. The van der Waals surface area contributed by atoms with Crippen LogP contribution >= 0.6 is 12.4 Å². The van der Waals surface area contributed by atoms with Crippen LogP contribution in [0.5, 0.6) is 0 Å². The SMILES string of the molecule is CC(C(=O)c1ccc(CCc2ccccc2)cc1)n1ccnc1.Cl. The molecule has 0 aliphatic rings. The monoisotopic (exact) mass is 340 g/mol. The van der Waals surface area contributed by atoms with E-state index in [1.807, 2.05) is 35.9 Å². The topological polar surface area (TPSA) is 34.9 Å². The zero-order chi connectivity index (χ0) is 16.1. The highest BCUT2D eigenvalue weighted by atomic mass is 35.5. The van der Waals surface area contributed by atoms with Crippen molar-refractivity contribution in [1.82, 2.24) is 9.55 Å². The van der Waals surface area contributed by atoms with Gasteiger partial charge < -0.3 is 4.57 Å². The normalized spacial score (nSPS) is 11.5. The molecule has 0 saturated heterocycles. The molecule has 0 spiro atoms. The first-order chi connectivity index (χ1) is 11.2. The first kappa shape index (κ1) is 18.0. The van der Waals surface area contributed by atoms with Crippen molar-refractivity contribution in [2.75, 3.05) is 0 Å². The van der Waals surface area contributed by atoms with Crippen molar-refractivity contribution in [3.8, 4) is 0 Å². The Morgan fingerprint density at radius 3 is 2.21 bits per heavy atom. The molecule has 3 nitrogen and oxygen atoms in total. The Bertz CT molecular complexity index is 752. The molecule has 0 radical (unpaired) electrons. The maximum Gasteiger partial charge on any atom is 0.185 e. The van der Waals surface area contributed by atoms with Gasteiger partial charge in [-0.1, -0.05) is 54.6 Å². The Labute approximate surface area is 148 Å². The molecule has 0 aliphatic carbocycles. The van der Waals surface area contributed by atoms with Gasteiger partial charge in [0, 0.05) is 18.0 Å². The number of carbonyl (C=O) groups excluding carboxylic acids is 1. The molecular weight excluding hydrogens is 320 g/mol. The zero-order valence-electron chi connectivity index (χ0n) is 13.6. The first-order valence-electron chi connectivity index (χ1n) is 7.88. The lowest BCUT2D eigenvalue weighted by Gasteiger charge is -2.12. The van der Waals surface area contributed by atoms with Crippen LogP contribution in [0.3, 0.4) is 0 Å². The summed E-state index contributed by atoms with van der Waals surface area (Å²) in [6, 6.07) is 18.2. The van der Waals surface area contributed by atoms with Crippen molar-refractivity contribution >= 4 is 18.2 Å². The fourth-order valence-corrected chi connectivity index (χ4v) is 2.64. The molecule has 4 heteroatoms. The predicted molar refractivity (Wildman–Crippen MR) is 98.8 cm³/mol. The molecule has 0 amide bonds. The molecular formula is C20H21ClN2O. The minimum atomic E-state index is -0.229. The summed E-state index contributed by atoms with van der Waals surface area (Å²) >= 11 is 0. The van der Waals surface area contributed by atoms with E-state index in [0.29, 0.717) is 0 Å². The van der Waals surface area contributed by atoms with Crippen LogP contribution < -0.4 is 0 Å². The third-order valence-corrected chi connectivity index (χ3v) is 4.14. The summed E-state index contributed by atoms with van der Waals surface area (Å²) in [5.41, 5.74) is 3.33. The fourth-order valence-electron chi connectivity index (χ4n) is 2.64. The minimum Gasteiger partial charge on any atom is -0.327 e. The second-order valence-electron chi connectivity index (χ2n) is 5.73. The molecule has 0 N–H and O–H groups in total. The molecule has 124 valence electrons. The van der Waals surface area contributed by atoms with Crippen LogP contribution in [0.25, 0.3) is 0 Å². The van der Waals surface area contributed by atoms with Crippen LogP contribution in [0.4, 0.5) is 0 Å². The number of halogens is 1. The summed E-state index contributed by atoms with van der Waals surface area (Å²) in [6.07, 6.45) is 7.18. The van der Waals surface area contributed by atoms with E-state index in [2.05, 4.69) is 41.4 Å². The highest BCUT2D eigenvalue weighted by Gasteiger charge is 2.16. The Kier molecular flexibility index (Phi) is 6.33. The molecule has 24 heavy (non-hydrogen) atoms. The zero-order valence-corrected chi connectivity index (χ0v) is 14.4. The van der Waals surface area contributed by atoms with Gasteiger partial charge in [-0.3, -0.25) is 4.79 Å². The average molecular weight is 341 g/mol. The van der Waals surface area contributed by atoms with Gasteiger partial charge in [-0.15, -0.1) is 12.4 Å². The quantitative estimate of drug-likeness (QED) is 0.618. The number of aromatic nitrogens is 2. The van der Waals surface area contributed by atoms with Gasteiger partial charge in [0.25, 0.3) is 0 Å². The van der Waals surface area contributed by atoms with Gasteiger partial charge in [-0.05, 0) is 30.9 Å². The van der Waals surface area contributed by atoms with E-state index in [4.69, 9.17) is 0 Å². The number of rotatable bonds is 6. The average Bonchev–Trinajstić information content (AvgIpc) is 3.15. The number of imidazole rings is 1. The van der Waals surface area contributed by atoms with Gasteiger partial charge >= 0.3 is 0 Å². The summed E-state index contributed by atoms with van der Waals surface area (Å²) in [6.45, 7) is 1.90. The van der Waals surface area contributed by atoms with Gasteiger partial charge in [0.15, 0.2) is 5.78 Å². The molecule has 3 aromatic rings. The van der Waals surface area contributed by atoms with E-state index in [1.54, 1.807) is 12.5 Å². The Hall–Kier alpha value is -2.39. The largest absolute Gasteiger partial charge is 0.327 e. The van der Waals surface area contributed by atoms with Crippen molar-refractivity contribution in [3.63, 3.8) is 0 Å². The second-order valence-corrected chi connectivity index (χ2v) is 5.73. The highest BCUT2D eigenvalue weighted by Crippen LogP contribution is 2.15. The van der Waals surface area contributed by atoms with E-state index in [9.17, 15) is 4.79 Å². The first-order valence-corrected chi connectivity index (χ1v) is 7.88. The smallest absolute Gasteiger partial charge is 0.185 e. The molecule has 3 rings (SSSR count). The van der Waals surface area contributed by atoms with Crippen LogP contribution in [0.15, 0.2) is 73.3 Å². The fraction of sp³-hybridized carbons (Fsp3) is 0.200. The number of Topliss-reactive ketones (excluding diaryl/α,β-unsaturated/α-hetero) is 1. The number of hydrogen-bond acceptors (Lipinski definition) is 2. The van der Waals surface area contributed by atoms with Gasteiger partial charge in [0.05, 0.1) is 12.4 Å². The number of ketones is 1. The van der Waals surface area contributed by atoms with E-state index in [0.717, 1.165) is 18.4 Å².